The van der Waals surface area contributed by atoms with E-state index in [0.717, 1.165) is 0 Å². The molecular formula is C15H18O6. The number of phenolic OH excluding ortho intramolecular Hbond substituents is 1. The molecule has 2 rings (SSSR count). The van der Waals surface area contributed by atoms with Gasteiger partial charge < -0.3 is 24.5 Å². The molecule has 0 fully saturated rings. The van der Waals surface area contributed by atoms with Crippen molar-refractivity contribution in [1.82, 2.24) is 0 Å². The van der Waals surface area contributed by atoms with E-state index >= 15 is 0 Å². The van der Waals surface area contributed by atoms with Gasteiger partial charge in [0.15, 0.2) is 0 Å². The molecule has 6 nitrogen and oxygen atoms in total. The van der Waals surface area contributed by atoms with E-state index in [1.807, 2.05) is 0 Å². The minimum atomic E-state index is -0.815. The molecule has 0 bridgehead atoms. The van der Waals surface area contributed by atoms with E-state index in [0.29, 0.717) is 11.1 Å². The van der Waals surface area contributed by atoms with Crippen LogP contribution in [0.5, 0.6) is 11.5 Å². The fraction of sp³-hybridized carbons (Fsp3) is 0.400. The average Bonchev–Trinajstić information content (AvgIpc) is 2.36. The molecule has 2 unspecified atom stereocenters. The molecule has 0 saturated carbocycles. The topological polar surface area (TPSA) is 100 Å². The second kappa shape index (κ2) is 6.15. The summed E-state index contributed by atoms with van der Waals surface area (Å²) in [6.45, 7) is 1.57. The van der Waals surface area contributed by atoms with Crippen molar-refractivity contribution in [2.24, 2.45) is 0 Å². The number of aliphatic hydroxyl groups is 2. The lowest BCUT2D eigenvalue weighted by Crippen LogP contribution is -2.18. The van der Waals surface area contributed by atoms with Crippen molar-refractivity contribution in [2.75, 3.05) is 7.11 Å². The number of hydrogen-bond acceptors (Lipinski definition) is 6. The highest BCUT2D eigenvalue weighted by atomic mass is 16.5. The molecule has 1 aromatic heterocycles. The lowest BCUT2D eigenvalue weighted by molar-refractivity contribution is 0.0871. The highest BCUT2D eigenvalue weighted by molar-refractivity contribution is 5.88. The summed E-state index contributed by atoms with van der Waals surface area (Å²) in [5, 5.41) is 29.4. The Balaban J connectivity index is 2.41. The second-order valence-electron chi connectivity index (χ2n) is 5.05. The molecule has 3 N–H and O–H groups in total. The summed E-state index contributed by atoms with van der Waals surface area (Å²) in [5.41, 5.74) is -0.674. The smallest absolute Gasteiger partial charge is 0.347 e. The molecule has 1 heterocycles. The van der Waals surface area contributed by atoms with Gasteiger partial charge in [-0.1, -0.05) is 0 Å². The number of phenols is 1. The predicted octanol–water partition coefficient (Wildman–Crippen LogP) is 1.18. The van der Waals surface area contributed by atoms with Gasteiger partial charge in [-0.25, -0.2) is 4.79 Å². The number of hydrogen-bond donors (Lipinski definition) is 3. The van der Waals surface area contributed by atoms with Gasteiger partial charge in [-0.05, 0) is 30.9 Å². The lowest BCUT2D eigenvalue weighted by atomic mass is 10.1. The first-order valence-corrected chi connectivity index (χ1v) is 6.60. The maximum absolute atomic E-state index is 11.9. The molecule has 0 aliphatic rings. The van der Waals surface area contributed by atoms with E-state index in [2.05, 4.69) is 0 Å². The van der Waals surface area contributed by atoms with Crippen molar-refractivity contribution in [1.29, 1.82) is 0 Å². The van der Waals surface area contributed by atoms with Crippen LogP contribution in [0.3, 0.4) is 0 Å². The van der Waals surface area contributed by atoms with Gasteiger partial charge in [0.25, 0.3) is 0 Å². The van der Waals surface area contributed by atoms with Crippen LogP contribution in [0.2, 0.25) is 0 Å². The Labute approximate surface area is 121 Å². The maximum Gasteiger partial charge on any atom is 0.347 e. The maximum atomic E-state index is 11.9. The lowest BCUT2D eigenvalue weighted by Gasteiger charge is -2.12. The number of aromatic hydroxyl groups is 1. The number of aliphatic hydroxyl groups excluding tert-OH is 2. The van der Waals surface area contributed by atoms with Crippen LogP contribution in [0, 0.1) is 0 Å². The van der Waals surface area contributed by atoms with E-state index in [9.17, 15) is 20.1 Å². The van der Waals surface area contributed by atoms with Gasteiger partial charge in [0, 0.05) is 12.5 Å². The molecule has 21 heavy (non-hydrogen) atoms. The SMILES string of the molecule is COc1cc(O)c2c(=O)oc(CC(O)CC(C)O)cc2c1. The van der Waals surface area contributed by atoms with Crippen molar-refractivity contribution in [3.63, 3.8) is 0 Å². The number of methoxy groups -OCH3 is 1. The van der Waals surface area contributed by atoms with Gasteiger partial charge in [0.2, 0.25) is 0 Å². The van der Waals surface area contributed by atoms with E-state index in [1.54, 1.807) is 19.1 Å². The molecule has 114 valence electrons. The standard InChI is InChI=1S/C15H18O6/c1-8(16)3-10(17)6-12-5-9-4-11(20-2)7-13(18)14(9)15(19)21-12/h4-5,7-8,10,16-18H,3,6H2,1-2H3. The molecule has 1 aromatic carbocycles. The first-order chi connectivity index (χ1) is 9.90. The van der Waals surface area contributed by atoms with Crippen molar-refractivity contribution < 1.29 is 24.5 Å². The van der Waals surface area contributed by atoms with Gasteiger partial charge in [-0.3, -0.25) is 0 Å². The van der Waals surface area contributed by atoms with Crippen LogP contribution in [0.15, 0.2) is 27.4 Å². The van der Waals surface area contributed by atoms with Gasteiger partial charge >= 0.3 is 5.63 Å². The van der Waals surface area contributed by atoms with E-state index in [-0.39, 0.29) is 29.7 Å². The van der Waals surface area contributed by atoms with E-state index in [4.69, 9.17) is 9.15 Å². The molecular weight excluding hydrogens is 276 g/mol. The highest BCUT2D eigenvalue weighted by Gasteiger charge is 2.15. The third-order valence-corrected chi connectivity index (χ3v) is 3.15. The van der Waals surface area contributed by atoms with E-state index < -0.39 is 17.8 Å². The van der Waals surface area contributed by atoms with Crippen LogP contribution in [0.1, 0.15) is 19.1 Å². The molecule has 0 amide bonds. The molecule has 6 heteroatoms. The van der Waals surface area contributed by atoms with Crippen LogP contribution in [0.4, 0.5) is 0 Å². The minimum absolute atomic E-state index is 0.0737. The van der Waals surface area contributed by atoms with Gasteiger partial charge in [-0.2, -0.15) is 0 Å². The highest BCUT2D eigenvalue weighted by Crippen LogP contribution is 2.28. The van der Waals surface area contributed by atoms with E-state index in [1.165, 1.54) is 13.2 Å². The Morgan fingerprint density at radius 3 is 2.62 bits per heavy atom. The Morgan fingerprint density at radius 1 is 1.29 bits per heavy atom. The number of benzene rings is 1. The van der Waals surface area contributed by atoms with Gasteiger partial charge in [-0.15, -0.1) is 0 Å². The second-order valence-corrected chi connectivity index (χ2v) is 5.05. The molecule has 0 aliphatic heterocycles. The van der Waals surface area contributed by atoms with Crippen LogP contribution < -0.4 is 10.4 Å². The van der Waals surface area contributed by atoms with Crippen LogP contribution in [-0.2, 0) is 6.42 Å². The summed E-state index contributed by atoms with van der Waals surface area (Å²) in [4.78, 5) is 11.9. The Bertz CT molecular complexity index is 688. The normalized spacial score (nSPS) is 14.1. The summed E-state index contributed by atoms with van der Waals surface area (Å²) >= 11 is 0. The Morgan fingerprint density at radius 2 is 2.00 bits per heavy atom. The van der Waals surface area contributed by atoms with Crippen molar-refractivity contribution >= 4 is 10.8 Å². The average molecular weight is 294 g/mol. The van der Waals surface area contributed by atoms with Crippen LogP contribution in [0.25, 0.3) is 10.8 Å². The van der Waals surface area contributed by atoms with Crippen molar-refractivity contribution in [2.45, 2.75) is 32.0 Å². The van der Waals surface area contributed by atoms with Gasteiger partial charge in [0.05, 0.1) is 19.3 Å². The molecule has 2 atom stereocenters. The molecule has 0 aliphatic carbocycles. The largest absolute Gasteiger partial charge is 0.507 e. The molecule has 0 radical (unpaired) electrons. The van der Waals surface area contributed by atoms with Crippen LogP contribution >= 0.6 is 0 Å². The first kappa shape index (κ1) is 15.3. The summed E-state index contributed by atoms with van der Waals surface area (Å²) in [6.07, 6.45) is -1.17. The summed E-state index contributed by atoms with van der Waals surface area (Å²) in [6, 6.07) is 4.52. The first-order valence-electron chi connectivity index (χ1n) is 6.60. The molecule has 0 spiro atoms. The van der Waals surface area contributed by atoms with Crippen LogP contribution in [-0.4, -0.2) is 34.6 Å². The quantitative estimate of drug-likeness (QED) is 0.765. The third-order valence-electron chi connectivity index (χ3n) is 3.15. The third kappa shape index (κ3) is 3.53. The number of fused-ring (bicyclic) bond motifs is 1. The fourth-order valence-corrected chi connectivity index (χ4v) is 2.26. The zero-order chi connectivity index (χ0) is 15.6. The Kier molecular flexibility index (Phi) is 4.50. The fourth-order valence-electron chi connectivity index (χ4n) is 2.26. The van der Waals surface area contributed by atoms with Crippen molar-refractivity contribution in [3.8, 4) is 11.5 Å². The summed E-state index contributed by atoms with van der Waals surface area (Å²) in [5.74, 6) is 0.489. The molecule has 2 aromatic rings. The number of ether oxygens (including phenoxy) is 1. The summed E-state index contributed by atoms with van der Waals surface area (Å²) < 4.78 is 10.1. The zero-order valence-electron chi connectivity index (χ0n) is 11.9. The Hall–Kier alpha value is -2.05. The predicted molar refractivity (Wildman–Crippen MR) is 76.7 cm³/mol. The number of rotatable bonds is 5. The monoisotopic (exact) mass is 294 g/mol. The zero-order valence-corrected chi connectivity index (χ0v) is 11.9. The minimum Gasteiger partial charge on any atom is -0.507 e. The van der Waals surface area contributed by atoms with Gasteiger partial charge in [0.1, 0.15) is 22.6 Å². The summed E-state index contributed by atoms with van der Waals surface area (Å²) in [7, 11) is 1.46. The van der Waals surface area contributed by atoms with Crippen molar-refractivity contribution in [3.05, 3.63) is 34.4 Å². The molecule has 0 saturated heterocycles.